The number of rotatable bonds is 2. The van der Waals surface area contributed by atoms with E-state index in [4.69, 9.17) is 5.26 Å². The molecule has 1 aromatic rings. The molecule has 0 amide bonds. The first-order chi connectivity index (χ1) is 7.72. The number of aromatic nitrogens is 2. The summed E-state index contributed by atoms with van der Waals surface area (Å²) in [5, 5.41) is 16.8. The first kappa shape index (κ1) is 11.0. The largest absolute Gasteiger partial charge is 0.366 e. The van der Waals surface area contributed by atoms with Crippen LogP contribution in [0.1, 0.15) is 43.4 Å². The Kier molecular flexibility index (Phi) is 3.14. The lowest BCUT2D eigenvalue weighted by Crippen LogP contribution is -2.24. The summed E-state index contributed by atoms with van der Waals surface area (Å²) in [6.45, 7) is 1.88. The van der Waals surface area contributed by atoms with Gasteiger partial charge >= 0.3 is 0 Å². The smallest absolute Gasteiger partial charge is 0.142 e. The summed E-state index contributed by atoms with van der Waals surface area (Å²) in [7, 11) is 1.89. The molecule has 0 aromatic carbocycles. The first-order valence-corrected chi connectivity index (χ1v) is 5.92. The molecule has 0 atom stereocenters. The van der Waals surface area contributed by atoms with Crippen LogP contribution in [-0.4, -0.2) is 15.8 Å². The molecular formula is C12H18N4. The minimum Gasteiger partial charge on any atom is -0.366 e. The molecule has 4 heteroatoms. The van der Waals surface area contributed by atoms with Crippen LogP contribution >= 0.6 is 0 Å². The van der Waals surface area contributed by atoms with Gasteiger partial charge in [0.2, 0.25) is 0 Å². The van der Waals surface area contributed by atoms with Crippen molar-refractivity contribution < 1.29 is 0 Å². The average Bonchev–Trinajstić information content (AvgIpc) is 2.55. The Morgan fingerprint density at radius 1 is 1.38 bits per heavy atom. The van der Waals surface area contributed by atoms with Gasteiger partial charge in [-0.3, -0.25) is 4.68 Å². The third kappa shape index (κ3) is 2.04. The fourth-order valence-corrected chi connectivity index (χ4v) is 2.40. The zero-order chi connectivity index (χ0) is 11.5. The van der Waals surface area contributed by atoms with Gasteiger partial charge in [-0.25, -0.2) is 0 Å². The lowest BCUT2D eigenvalue weighted by Gasteiger charge is -2.23. The Hall–Kier alpha value is -1.50. The van der Waals surface area contributed by atoms with E-state index in [0.717, 1.165) is 11.5 Å². The van der Waals surface area contributed by atoms with Crippen molar-refractivity contribution in [2.75, 3.05) is 5.32 Å². The fraction of sp³-hybridized carbons (Fsp3) is 0.667. The minimum absolute atomic E-state index is 0.510. The van der Waals surface area contributed by atoms with Gasteiger partial charge in [0.1, 0.15) is 17.5 Å². The maximum absolute atomic E-state index is 9.10. The van der Waals surface area contributed by atoms with E-state index in [1.54, 1.807) is 4.68 Å². The van der Waals surface area contributed by atoms with Crippen molar-refractivity contribution in [3.05, 3.63) is 11.3 Å². The van der Waals surface area contributed by atoms with Gasteiger partial charge in [-0.05, 0) is 19.8 Å². The Balaban J connectivity index is 2.17. The van der Waals surface area contributed by atoms with Gasteiger partial charge in [-0.2, -0.15) is 10.4 Å². The lowest BCUT2D eigenvalue weighted by atomic mass is 9.95. The summed E-state index contributed by atoms with van der Waals surface area (Å²) in [6, 6.07) is 2.74. The number of nitrogens with zero attached hydrogens (tertiary/aromatic N) is 3. The molecular weight excluding hydrogens is 200 g/mol. The van der Waals surface area contributed by atoms with Crippen molar-refractivity contribution in [2.45, 2.75) is 45.1 Å². The van der Waals surface area contributed by atoms with E-state index in [-0.39, 0.29) is 0 Å². The zero-order valence-corrected chi connectivity index (χ0v) is 9.95. The molecule has 0 radical (unpaired) electrons. The summed E-state index contributed by atoms with van der Waals surface area (Å²) in [5.41, 5.74) is 1.50. The van der Waals surface area contributed by atoms with Crippen molar-refractivity contribution in [2.24, 2.45) is 7.05 Å². The monoisotopic (exact) mass is 218 g/mol. The van der Waals surface area contributed by atoms with Gasteiger partial charge in [0.15, 0.2) is 0 Å². The summed E-state index contributed by atoms with van der Waals surface area (Å²) in [4.78, 5) is 0. The number of nitrogens with one attached hydrogen (secondary N) is 1. The highest BCUT2D eigenvalue weighted by Crippen LogP contribution is 2.24. The van der Waals surface area contributed by atoms with E-state index in [0.29, 0.717) is 11.6 Å². The minimum atomic E-state index is 0.510. The molecule has 0 bridgehead atoms. The van der Waals surface area contributed by atoms with Gasteiger partial charge in [0.05, 0.1) is 5.69 Å². The fourth-order valence-electron chi connectivity index (χ4n) is 2.40. The van der Waals surface area contributed by atoms with Gasteiger partial charge in [-0.15, -0.1) is 0 Å². The molecule has 4 nitrogen and oxygen atoms in total. The molecule has 16 heavy (non-hydrogen) atoms. The predicted molar refractivity (Wildman–Crippen MR) is 63.2 cm³/mol. The molecule has 0 aliphatic heterocycles. The molecule has 2 rings (SSSR count). The Labute approximate surface area is 96.3 Å². The van der Waals surface area contributed by atoms with E-state index in [9.17, 15) is 0 Å². The van der Waals surface area contributed by atoms with Crippen LogP contribution in [0.15, 0.2) is 0 Å². The first-order valence-electron chi connectivity index (χ1n) is 5.92. The normalized spacial score (nSPS) is 17.1. The Morgan fingerprint density at radius 3 is 2.69 bits per heavy atom. The van der Waals surface area contributed by atoms with Gasteiger partial charge in [-0.1, -0.05) is 19.3 Å². The third-order valence-corrected chi connectivity index (χ3v) is 3.28. The SMILES string of the molecule is Cc1nn(C)c(NC2CCCCC2)c1C#N. The summed E-state index contributed by atoms with van der Waals surface area (Å²) < 4.78 is 1.78. The van der Waals surface area contributed by atoms with Crippen LogP contribution in [0.5, 0.6) is 0 Å². The summed E-state index contributed by atoms with van der Waals surface area (Å²) >= 11 is 0. The molecule has 1 heterocycles. The number of hydrogen-bond acceptors (Lipinski definition) is 3. The molecule has 1 saturated carbocycles. The van der Waals surface area contributed by atoms with Crippen molar-refractivity contribution in [3.63, 3.8) is 0 Å². The predicted octanol–water partition coefficient (Wildman–Crippen LogP) is 2.34. The van der Waals surface area contributed by atoms with Crippen molar-refractivity contribution in [3.8, 4) is 6.07 Å². The quantitative estimate of drug-likeness (QED) is 0.829. The third-order valence-electron chi connectivity index (χ3n) is 3.28. The summed E-state index contributed by atoms with van der Waals surface area (Å²) in [5.74, 6) is 0.881. The maximum atomic E-state index is 9.10. The molecule has 1 aliphatic carbocycles. The summed E-state index contributed by atoms with van der Waals surface area (Å²) in [6.07, 6.45) is 6.32. The van der Waals surface area contributed by atoms with Crippen molar-refractivity contribution in [1.29, 1.82) is 5.26 Å². The molecule has 86 valence electrons. The molecule has 0 unspecified atom stereocenters. The van der Waals surface area contributed by atoms with E-state index in [2.05, 4.69) is 16.5 Å². The molecule has 0 saturated heterocycles. The van der Waals surface area contributed by atoms with Crippen LogP contribution in [-0.2, 0) is 7.05 Å². The van der Waals surface area contributed by atoms with Crippen molar-refractivity contribution in [1.82, 2.24) is 9.78 Å². The van der Waals surface area contributed by atoms with Crippen LogP contribution in [0, 0.1) is 18.3 Å². The van der Waals surface area contributed by atoms with E-state index in [1.807, 2.05) is 14.0 Å². The Bertz CT molecular complexity index is 407. The van der Waals surface area contributed by atoms with Crippen molar-refractivity contribution >= 4 is 5.82 Å². The number of aryl methyl sites for hydroxylation is 2. The highest BCUT2D eigenvalue weighted by Gasteiger charge is 2.18. The standard InChI is InChI=1S/C12H18N4/c1-9-11(8-13)12(16(2)15-9)14-10-6-4-3-5-7-10/h10,14H,3-7H2,1-2H3. The van der Waals surface area contributed by atoms with E-state index >= 15 is 0 Å². The number of hydrogen-bond donors (Lipinski definition) is 1. The molecule has 1 aromatic heterocycles. The van der Waals surface area contributed by atoms with Gasteiger partial charge in [0, 0.05) is 13.1 Å². The van der Waals surface area contributed by atoms with Gasteiger partial charge in [0.25, 0.3) is 0 Å². The zero-order valence-electron chi connectivity index (χ0n) is 9.95. The number of nitriles is 1. The number of anilines is 1. The van der Waals surface area contributed by atoms with Crippen LogP contribution in [0.2, 0.25) is 0 Å². The van der Waals surface area contributed by atoms with Crippen LogP contribution in [0.25, 0.3) is 0 Å². The maximum Gasteiger partial charge on any atom is 0.142 e. The molecule has 1 N–H and O–H groups in total. The highest BCUT2D eigenvalue weighted by molar-refractivity contribution is 5.55. The lowest BCUT2D eigenvalue weighted by molar-refractivity contribution is 0.460. The second kappa shape index (κ2) is 4.56. The molecule has 1 fully saturated rings. The second-order valence-electron chi connectivity index (χ2n) is 4.52. The topological polar surface area (TPSA) is 53.6 Å². The molecule has 0 spiro atoms. The van der Waals surface area contributed by atoms with Gasteiger partial charge < -0.3 is 5.32 Å². The van der Waals surface area contributed by atoms with Crippen LogP contribution in [0.3, 0.4) is 0 Å². The van der Waals surface area contributed by atoms with E-state index < -0.39 is 0 Å². The average molecular weight is 218 g/mol. The highest BCUT2D eigenvalue weighted by atomic mass is 15.3. The van der Waals surface area contributed by atoms with Crippen LogP contribution in [0.4, 0.5) is 5.82 Å². The molecule has 1 aliphatic rings. The Morgan fingerprint density at radius 2 is 2.06 bits per heavy atom. The van der Waals surface area contributed by atoms with Crippen LogP contribution < -0.4 is 5.32 Å². The van der Waals surface area contributed by atoms with E-state index in [1.165, 1.54) is 32.1 Å². The second-order valence-corrected chi connectivity index (χ2v) is 4.52.